The van der Waals surface area contributed by atoms with Gasteiger partial charge >= 0.3 is 6.01 Å². The van der Waals surface area contributed by atoms with Gasteiger partial charge in [0.05, 0.1) is 18.6 Å². The Kier molecular flexibility index (Phi) is 3.49. The van der Waals surface area contributed by atoms with Crippen LogP contribution in [0.5, 0.6) is 6.01 Å². The summed E-state index contributed by atoms with van der Waals surface area (Å²) >= 11 is 0. The summed E-state index contributed by atoms with van der Waals surface area (Å²) in [7, 11) is 0. The Bertz CT molecular complexity index is 797. The van der Waals surface area contributed by atoms with E-state index in [2.05, 4.69) is 25.0 Å². The average molecular weight is 314 g/mol. The summed E-state index contributed by atoms with van der Waals surface area (Å²) in [4.78, 5) is 14.4. The van der Waals surface area contributed by atoms with Crippen molar-refractivity contribution in [1.82, 2.24) is 24.6 Å². The fourth-order valence-electron chi connectivity index (χ4n) is 2.78. The van der Waals surface area contributed by atoms with Gasteiger partial charge in [-0.25, -0.2) is 23.9 Å². The quantitative estimate of drug-likeness (QED) is 0.733. The minimum Gasteiger partial charge on any atom is -0.460 e. The lowest BCUT2D eigenvalue weighted by Gasteiger charge is -2.32. The Morgan fingerprint density at radius 2 is 1.87 bits per heavy atom. The zero-order valence-corrected chi connectivity index (χ0v) is 12.3. The largest absolute Gasteiger partial charge is 0.460 e. The lowest BCUT2D eigenvalue weighted by Crippen LogP contribution is -2.39. The van der Waals surface area contributed by atoms with E-state index in [0.29, 0.717) is 0 Å². The summed E-state index contributed by atoms with van der Waals surface area (Å²) < 4.78 is 20.3. The molecule has 0 spiro atoms. The number of hydrogen-bond donors (Lipinski definition) is 0. The molecule has 3 aromatic rings. The Morgan fingerprint density at radius 1 is 1.09 bits per heavy atom. The molecule has 1 saturated heterocycles. The predicted molar refractivity (Wildman–Crippen MR) is 80.8 cm³/mol. The van der Waals surface area contributed by atoms with Crippen molar-refractivity contribution in [2.75, 3.05) is 18.0 Å². The van der Waals surface area contributed by atoms with Crippen LogP contribution in [0.4, 0.5) is 10.2 Å². The predicted octanol–water partition coefficient (Wildman–Crippen LogP) is 1.71. The molecule has 1 aliphatic rings. The van der Waals surface area contributed by atoms with Gasteiger partial charge in [-0.05, 0) is 6.07 Å². The van der Waals surface area contributed by atoms with Crippen molar-refractivity contribution >= 4 is 11.3 Å². The fraction of sp³-hybridized carbons (Fsp3) is 0.333. The van der Waals surface area contributed by atoms with E-state index in [1.165, 1.54) is 0 Å². The van der Waals surface area contributed by atoms with Crippen LogP contribution in [0, 0.1) is 5.82 Å². The maximum atomic E-state index is 12.8. The molecular formula is C15H15FN6O. The van der Waals surface area contributed by atoms with Gasteiger partial charge in [0.25, 0.3) is 0 Å². The van der Waals surface area contributed by atoms with Crippen molar-refractivity contribution in [3.63, 3.8) is 0 Å². The van der Waals surface area contributed by atoms with Crippen molar-refractivity contribution in [1.29, 1.82) is 0 Å². The molecule has 118 valence electrons. The topological polar surface area (TPSA) is 68.4 Å². The second kappa shape index (κ2) is 5.79. The van der Waals surface area contributed by atoms with Crippen molar-refractivity contribution in [3.05, 3.63) is 42.9 Å². The van der Waals surface area contributed by atoms with Crippen molar-refractivity contribution < 1.29 is 9.13 Å². The van der Waals surface area contributed by atoms with E-state index < -0.39 is 5.82 Å². The number of fused-ring (bicyclic) bond motifs is 1. The SMILES string of the molecule is Fc1cnc(OC2CCN(c3nccn4nccc34)CC2)nc1. The smallest absolute Gasteiger partial charge is 0.316 e. The molecule has 4 rings (SSSR count). The zero-order valence-electron chi connectivity index (χ0n) is 12.3. The molecule has 0 amide bonds. The van der Waals surface area contributed by atoms with Crippen LogP contribution in [0.2, 0.25) is 0 Å². The van der Waals surface area contributed by atoms with Gasteiger partial charge < -0.3 is 9.64 Å². The van der Waals surface area contributed by atoms with Crippen LogP contribution in [0.25, 0.3) is 5.52 Å². The van der Waals surface area contributed by atoms with Crippen LogP contribution in [0.1, 0.15) is 12.8 Å². The Labute approximate surface area is 131 Å². The summed E-state index contributed by atoms with van der Waals surface area (Å²) in [6.45, 7) is 1.65. The summed E-state index contributed by atoms with van der Waals surface area (Å²) in [5, 5.41) is 4.23. The third-order valence-corrected chi connectivity index (χ3v) is 3.91. The molecule has 0 aromatic carbocycles. The first-order valence-electron chi connectivity index (χ1n) is 7.47. The highest BCUT2D eigenvalue weighted by molar-refractivity contribution is 5.68. The van der Waals surface area contributed by atoms with Gasteiger partial charge in [-0.3, -0.25) is 0 Å². The lowest BCUT2D eigenvalue weighted by molar-refractivity contribution is 0.156. The standard InChI is InChI=1S/C15H15FN6O/c16-11-9-18-15(19-10-11)23-12-2-6-21(7-3-12)14-13-1-4-20-22(13)8-5-17-14/h1,4-5,8-10,12H,2-3,6-7H2. The van der Waals surface area contributed by atoms with Crippen molar-refractivity contribution in [2.45, 2.75) is 18.9 Å². The van der Waals surface area contributed by atoms with E-state index in [1.807, 2.05) is 16.8 Å². The van der Waals surface area contributed by atoms with Gasteiger partial charge in [0, 0.05) is 38.3 Å². The minimum absolute atomic E-state index is 0.0290. The van der Waals surface area contributed by atoms with E-state index in [1.54, 1.807) is 12.4 Å². The van der Waals surface area contributed by atoms with E-state index in [9.17, 15) is 4.39 Å². The first kappa shape index (κ1) is 13.9. The van der Waals surface area contributed by atoms with Gasteiger partial charge in [-0.2, -0.15) is 5.10 Å². The lowest BCUT2D eigenvalue weighted by atomic mass is 10.1. The third-order valence-electron chi connectivity index (χ3n) is 3.91. The van der Waals surface area contributed by atoms with Crippen LogP contribution < -0.4 is 9.64 Å². The Morgan fingerprint density at radius 3 is 2.65 bits per heavy atom. The van der Waals surface area contributed by atoms with Crippen LogP contribution >= 0.6 is 0 Å². The number of nitrogens with zero attached hydrogens (tertiary/aromatic N) is 6. The van der Waals surface area contributed by atoms with E-state index in [-0.39, 0.29) is 12.1 Å². The molecule has 4 heterocycles. The normalized spacial score (nSPS) is 16.0. The van der Waals surface area contributed by atoms with E-state index in [0.717, 1.165) is 49.7 Å². The molecule has 0 bridgehead atoms. The van der Waals surface area contributed by atoms with Crippen LogP contribution in [0.3, 0.4) is 0 Å². The summed E-state index contributed by atoms with van der Waals surface area (Å²) in [6.07, 6.45) is 9.27. The minimum atomic E-state index is -0.466. The first-order chi connectivity index (χ1) is 11.3. The molecule has 7 nitrogen and oxygen atoms in total. The molecule has 0 aliphatic carbocycles. The molecule has 8 heteroatoms. The molecule has 0 saturated carbocycles. The maximum absolute atomic E-state index is 12.8. The Balaban J connectivity index is 1.43. The molecule has 1 aliphatic heterocycles. The number of rotatable bonds is 3. The number of aromatic nitrogens is 5. The number of ether oxygens (including phenoxy) is 1. The average Bonchev–Trinajstić information content (AvgIpc) is 3.06. The van der Waals surface area contributed by atoms with Gasteiger partial charge in [-0.1, -0.05) is 0 Å². The van der Waals surface area contributed by atoms with Crippen molar-refractivity contribution in [2.24, 2.45) is 0 Å². The highest BCUT2D eigenvalue weighted by atomic mass is 19.1. The highest BCUT2D eigenvalue weighted by Gasteiger charge is 2.23. The van der Waals surface area contributed by atoms with Gasteiger partial charge in [0.2, 0.25) is 0 Å². The number of anilines is 1. The molecule has 3 aromatic heterocycles. The summed E-state index contributed by atoms with van der Waals surface area (Å²) in [5.41, 5.74) is 0.994. The van der Waals surface area contributed by atoms with Gasteiger partial charge in [0.15, 0.2) is 11.6 Å². The molecule has 23 heavy (non-hydrogen) atoms. The molecule has 0 N–H and O–H groups in total. The van der Waals surface area contributed by atoms with Crippen LogP contribution in [0.15, 0.2) is 37.1 Å². The summed E-state index contributed by atoms with van der Waals surface area (Å²) in [5.74, 6) is 0.466. The first-order valence-corrected chi connectivity index (χ1v) is 7.47. The second-order valence-electron chi connectivity index (χ2n) is 5.40. The molecule has 0 radical (unpaired) electrons. The van der Waals surface area contributed by atoms with E-state index in [4.69, 9.17) is 4.74 Å². The molecular weight excluding hydrogens is 299 g/mol. The summed E-state index contributed by atoms with van der Waals surface area (Å²) in [6, 6.07) is 2.18. The number of hydrogen-bond acceptors (Lipinski definition) is 6. The van der Waals surface area contributed by atoms with E-state index >= 15 is 0 Å². The van der Waals surface area contributed by atoms with Gasteiger partial charge in [0.1, 0.15) is 11.6 Å². The number of halogens is 1. The second-order valence-corrected chi connectivity index (χ2v) is 5.40. The molecule has 0 atom stereocenters. The van der Waals surface area contributed by atoms with Crippen LogP contribution in [-0.2, 0) is 0 Å². The number of piperidine rings is 1. The maximum Gasteiger partial charge on any atom is 0.316 e. The fourth-order valence-corrected chi connectivity index (χ4v) is 2.78. The Hall–Kier alpha value is -2.77. The third kappa shape index (κ3) is 2.79. The van der Waals surface area contributed by atoms with Crippen molar-refractivity contribution in [3.8, 4) is 6.01 Å². The van der Waals surface area contributed by atoms with Crippen LogP contribution in [-0.4, -0.2) is 43.8 Å². The van der Waals surface area contributed by atoms with Gasteiger partial charge in [-0.15, -0.1) is 0 Å². The highest BCUT2D eigenvalue weighted by Crippen LogP contribution is 2.23. The molecule has 0 unspecified atom stereocenters. The molecule has 1 fully saturated rings. The monoisotopic (exact) mass is 314 g/mol. The zero-order chi connectivity index (χ0) is 15.6.